The molecule has 0 heterocycles. The summed E-state index contributed by atoms with van der Waals surface area (Å²) < 4.78 is 0. The van der Waals surface area contributed by atoms with Crippen molar-refractivity contribution in [2.45, 2.75) is 90.4 Å². The van der Waals surface area contributed by atoms with E-state index in [0.29, 0.717) is 0 Å². The van der Waals surface area contributed by atoms with Gasteiger partial charge in [-0.25, -0.2) is 0 Å². The second-order valence-electron chi connectivity index (χ2n) is 5.83. The van der Waals surface area contributed by atoms with Crippen LogP contribution in [-0.2, 0) is 0 Å². The number of allylic oxidation sites excluding steroid dienone is 5. The zero-order valence-corrected chi connectivity index (χ0v) is 14.1. The SMILES string of the molecule is CCCCCCCCCCCCCCC=CC=CC=CO. The molecule has 0 rings (SSSR count). The number of unbranched alkanes of at least 4 members (excludes halogenated alkanes) is 12. The Balaban J connectivity index is 3.09. The molecule has 0 aliphatic heterocycles. The molecule has 0 aromatic carbocycles. The average molecular weight is 293 g/mol. The zero-order chi connectivity index (χ0) is 15.4. The van der Waals surface area contributed by atoms with Crippen molar-refractivity contribution >= 4 is 0 Å². The van der Waals surface area contributed by atoms with Crippen LogP contribution in [0.1, 0.15) is 90.4 Å². The first-order valence-electron chi connectivity index (χ1n) is 9.04. The normalized spacial score (nSPS) is 12.2. The molecule has 1 nitrogen and oxygen atoms in total. The Kier molecular flexibility index (Phi) is 18.1. The summed E-state index contributed by atoms with van der Waals surface area (Å²) in [6.45, 7) is 2.28. The van der Waals surface area contributed by atoms with E-state index in [4.69, 9.17) is 5.11 Å². The molecular weight excluding hydrogens is 256 g/mol. The van der Waals surface area contributed by atoms with Gasteiger partial charge in [-0.15, -0.1) is 0 Å². The summed E-state index contributed by atoms with van der Waals surface area (Å²) in [7, 11) is 0. The molecule has 0 radical (unpaired) electrons. The van der Waals surface area contributed by atoms with Gasteiger partial charge in [0.2, 0.25) is 0 Å². The van der Waals surface area contributed by atoms with Crippen LogP contribution >= 0.6 is 0 Å². The van der Waals surface area contributed by atoms with E-state index in [1.165, 1.54) is 83.5 Å². The van der Waals surface area contributed by atoms with E-state index in [0.717, 1.165) is 6.26 Å². The van der Waals surface area contributed by atoms with E-state index in [1.54, 1.807) is 6.08 Å². The minimum absolute atomic E-state index is 1.05. The third-order valence-electron chi connectivity index (χ3n) is 3.78. The Morgan fingerprint density at radius 1 is 0.571 bits per heavy atom. The van der Waals surface area contributed by atoms with Gasteiger partial charge in [0.1, 0.15) is 0 Å². The molecule has 0 spiro atoms. The van der Waals surface area contributed by atoms with Gasteiger partial charge >= 0.3 is 0 Å². The highest BCUT2D eigenvalue weighted by atomic mass is 16.2. The summed E-state index contributed by atoms with van der Waals surface area (Å²) in [5, 5.41) is 8.44. The van der Waals surface area contributed by atoms with Crippen molar-refractivity contribution in [3.63, 3.8) is 0 Å². The average Bonchev–Trinajstić information content (AvgIpc) is 2.50. The summed E-state index contributed by atoms with van der Waals surface area (Å²) in [6.07, 6.45) is 28.8. The second-order valence-corrected chi connectivity index (χ2v) is 5.83. The molecule has 21 heavy (non-hydrogen) atoms. The Hall–Kier alpha value is -0.980. The van der Waals surface area contributed by atoms with Crippen LogP contribution in [0.15, 0.2) is 36.6 Å². The lowest BCUT2D eigenvalue weighted by Crippen LogP contribution is -1.82. The molecule has 122 valence electrons. The highest BCUT2D eigenvalue weighted by molar-refractivity contribution is 5.09. The summed E-state index contributed by atoms with van der Waals surface area (Å²) in [5.74, 6) is 0. The van der Waals surface area contributed by atoms with Crippen molar-refractivity contribution in [2.24, 2.45) is 0 Å². The van der Waals surface area contributed by atoms with Gasteiger partial charge in [-0.1, -0.05) is 102 Å². The van der Waals surface area contributed by atoms with Crippen LogP contribution in [0, 0.1) is 0 Å². The minimum atomic E-state index is 1.05. The molecule has 0 saturated carbocycles. The van der Waals surface area contributed by atoms with E-state index in [9.17, 15) is 0 Å². The molecule has 1 heteroatoms. The van der Waals surface area contributed by atoms with Gasteiger partial charge in [0.05, 0.1) is 6.26 Å². The maximum Gasteiger partial charge on any atom is 0.0791 e. The van der Waals surface area contributed by atoms with Gasteiger partial charge in [-0.2, -0.15) is 0 Å². The molecule has 0 amide bonds. The van der Waals surface area contributed by atoms with Crippen LogP contribution in [-0.4, -0.2) is 5.11 Å². The molecular formula is C20H36O. The highest BCUT2D eigenvalue weighted by Gasteiger charge is 1.92. The van der Waals surface area contributed by atoms with Crippen molar-refractivity contribution in [1.29, 1.82) is 0 Å². The lowest BCUT2D eigenvalue weighted by Gasteiger charge is -2.02. The predicted molar refractivity (Wildman–Crippen MR) is 95.7 cm³/mol. The quantitative estimate of drug-likeness (QED) is 0.191. The van der Waals surface area contributed by atoms with Gasteiger partial charge in [0.15, 0.2) is 0 Å². The Morgan fingerprint density at radius 3 is 1.57 bits per heavy atom. The van der Waals surface area contributed by atoms with Crippen molar-refractivity contribution in [1.82, 2.24) is 0 Å². The molecule has 0 saturated heterocycles. The third-order valence-corrected chi connectivity index (χ3v) is 3.78. The van der Waals surface area contributed by atoms with Crippen LogP contribution in [0.5, 0.6) is 0 Å². The molecule has 1 N–H and O–H groups in total. The monoisotopic (exact) mass is 292 g/mol. The third kappa shape index (κ3) is 19.0. The lowest BCUT2D eigenvalue weighted by atomic mass is 10.0. The fraction of sp³-hybridized carbons (Fsp3) is 0.700. The lowest BCUT2D eigenvalue weighted by molar-refractivity contribution is 0.474. The molecule has 0 aromatic heterocycles. The highest BCUT2D eigenvalue weighted by Crippen LogP contribution is 2.12. The van der Waals surface area contributed by atoms with Gasteiger partial charge in [-0.3, -0.25) is 0 Å². The largest absolute Gasteiger partial charge is 0.516 e. The first kappa shape index (κ1) is 20.0. The molecule has 0 aliphatic carbocycles. The van der Waals surface area contributed by atoms with Crippen LogP contribution < -0.4 is 0 Å². The van der Waals surface area contributed by atoms with Gasteiger partial charge in [0, 0.05) is 0 Å². The van der Waals surface area contributed by atoms with Gasteiger partial charge < -0.3 is 5.11 Å². The van der Waals surface area contributed by atoms with Crippen molar-refractivity contribution in [3.8, 4) is 0 Å². The maximum absolute atomic E-state index is 8.44. The van der Waals surface area contributed by atoms with Crippen LogP contribution in [0.4, 0.5) is 0 Å². The van der Waals surface area contributed by atoms with Crippen LogP contribution in [0.2, 0.25) is 0 Å². The molecule has 0 unspecified atom stereocenters. The van der Waals surface area contributed by atoms with E-state index in [2.05, 4.69) is 19.1 Å². The number of aliphatic hydroxyl groups is 1. The summed E-state index contributed by atoms with van der Waals surface area (Å²) in [6, 6.07) is 0. The summed E-state index contributed by atoms with van der Waals surface area (Å²) in [4.78, 5) is 0. The number of hydrogen-bond acceptors (Lipinski definition) is 1. The summed E-state index contributed by atoms with van der Waals surface area (Å²) >= 11 is 0. The van der Waals surface area contributed by atoms with Crippen LogP contribution in [0.25, 0.3) is 0 Å². The molecule has 0 aliphatic rings. The Labute approximate surface area is 132 Å². The smallest absolute Gasteiger partial charge is 0.0791 e. The fourth-order valence-corrected chi connectivity index (χ4v) is 2.46. The molecule has 0 fully saturated rings. The first-order valence-corrected chi connectivity index (χ1v) is 9.04. The van der Waals surface area contributed by atoms with Gasteiger partial charge in [0.25, 0.3) is 0 Å². The van der Waals surface area contributed by atoms with E-state index in [-0.39, 0.29) is 0 Å². The predicted octanol–water partition coefficient (Wildman–Crippen LogP) is 7.26. The number of rotatable bonds is 15. The molecule has 0 bridgehead atoms. The van der Waals surface area contributed by atoms with E-state index >= 15 is 0 Å². The van der Waals surface area contributed by atoms with Crippen molar-refractivity contribution in [2.75, 3.05) is 0 Å². The Bertz CT molecular complexity index is 263. The fourth-order valence-electron chi connectivity index (χ4n) is 2.46. The van der Waals surface area contributed by atoms with Crippen molar-refractivity contribution < 1.29 is 5.11 Å². The van der Waals surface area contributed by atoms with E-state index < -0.39 is 0 Å². The summed E-state index contributed by atoms with van der Waals surface area (Å²) in [5.41, 5.74) is 0. The second kappa shape index (κ2) is 19.0. The van der Waals surface area contributed by atoms with E-state index in [1.807, 2.05) is 12.2 Å². The van der Waals surface area contributed by atoms with Crippen LogP contribution in [0.3, 0.4) is 0 Å². The van der Waals surface area contributed by atoms with Gasteiger partial charge in [-0.05, 0) is 18.9 Å². The molecule has 0 atom stereocenters. The Morgan fingerprint density at radius 2 is 1.05 bits per heavy atom. The van der Waals surface area contributed by atoms with Crippen molar-refractivity contribution in [3.05, 3.63) is 36.6 Å². The zero-order valence-electron chi connectivity index (χ0n) is 14.1. The first-order chi connectivity index (χ1) is 10.4. The molecule has 0 aromatic rings. The maximum atomic E-state index is 8.44. The minimum Gasteiger partial charge on any atom is -0.516 e. The number of aliphatic hydroxyl groups excluding tert-OH is 1. The standard InChI is InChI=1S/C20H36O/c1-2-3-4-5-6-7-8-9-10-11-12-13-14-15-16-17-18-19-20-21/h15-21H,2-14H2,1H3. The topological polar surface area (TPSA) is 20.2 Å². The number of hydrogen-bond donors (Lipinski definition) is 1.